The van der Waals surface area contributed by atoms with Gasteiger partial charge in [0.15, 0.2) is 5.96 Å². The first-order valence-electron chi connectivity index (χ1n) is 8.04. The summed E-state index contributed by atoms with van der Waals surface area (Å²) in [6, 6.07) is 10.7. The van der Waals surface area contributed by atoms with Gasteiger partial charge < -0.3 is 11.1 Å². The lowest BCUT2D eigenvalue weighted by Gasteiger charge is -2.39. The lowest BCUT2D eigenvalue weighted by molar-refractivity contribution is 0.129. The van der Waals surface area contributed by atoms with Crippen molar-refractivity contribution in [3.63, 3.8) is 0 Å². The fourth-order valence-corrected chi connectivity index (χ4v) is 4.41. The summed E-state index contributed by atoms with van der Waals surface area (Å²) in [6.07, 6.45) is 3.89. The summed E-state index contributed by atoms with van der Waals surface area (Å²) in [5, 5.41) is 3.50. The van der Waals surface area contributed by atoms with Crippen LogP contribution >= 0.6 is 0 Å². The summed E-state index contributed by atoms with van der Waals surface area (Å²) < 4.78 is 0. The summed E-state index contributed by atoms with van der Waals surface area (Å²) in [5.74, 6) is 1.41. The second kappa shape index (κ2) is 5.04. The van der Waals surface area contributed by atoms with Gasteiger partial charge in [-0.1, -0.05) is 51.1 Å². The number of hydrogen-bond acceptors (Lipinski definition) is 1. The van der Waals surface area contributed by atoms with Gasteiger partial charge in [-0.3, -0.25) is 0 Å². The predicted molar refractivity (Wildman–Crippen MR) is 87.9 cm³/mol. The van der Waals surface area contributed by atoms with Crippen molar-refractivity contribution in [3.8, 4) is 0 Å². The van der Waals surface area contributed by atoms with Crippen LogP contribution in [0.3, 0.4) is 0 Å². The van der Waals surface area contributed by atoms with Gasteiger partial charge >= 0.3 is 0 Å². The largest absolute Gasteiger partial charge is 0.370 e. The molecule has 3 rings (SSSR count). The second-order valence-electron chi connectivity index (χ2n) is 7.49. The Labute approximate surface area is 128 Å². The van der Waals surface area contributed by atoms with E-state index in [-0.39, 0.29) is 0 Å². The van der Waals surface area contributed by atoms with Gasteiger partial charge in [0.1, 0.15) is 0 Å². The number of nitrogens with zero attached hydrogens (tertiary/aromatic N) is 1. The maximum Gasteiger partial charge on any atom is 0.189 e. The van der Waals surface area contributed by atoms with Crippen LogP contribution in [-0.2, 0) is 6.54 Å². The van der Waals surface area contributed by atoms with E-state index in [4.69, 9.17) is 5.73 Å². The van der Waals surface area contributed by atoms with Crippen molar-refractivity contribution < 1.29 is 0 Å². The normalized spacial score (nSPS) is 34.1. The molecule has 3 nitrogen and oxygen atoms in total. The molecule has 2 bridgehead atoms. The van der Waals surface area contributed by atoms with Crippen molar-refractivity contribution in [2.45, 2.75) is 52.6 Å². The monoisotopic (exact) mass is 285 g/mol. The van der Waals surface area contributed by atoms with E-state index in [1.165, 1.54) is 24.8 Å². The van der Waals surface area contributed by atoms with Gasteiger partial charge in [-0.05, 0) is 41.6 Å². The Bertz CT molecular complexity index is 535. The van der Waals surface area contributed by atoms with E-state index in [1.807, 2.05) is 18.2 Å². The van der Waals surface area contributed by atoms with E-state index in [9.17, 15) is 0 Å². The minimum atomic E-state index is 0.338. The molecular weight excluding hydrogens is 258 g/mol. The average Bonchev–Trinajstić information content (AvgIpc) is 2.79. The quantitative estimate of drug-likeness (QED) is 0.661. The third-order valence-electron chi connectivity index (χ3n) is 6.39. The van der Waals surface area contributed by atoms with Crippen LogP contribution in [0.2, 0.25) is 0 Å². The Morgan fingerprint density at radius 2 is 2.00 bits per heavy atom. The SMILES string of the molecule is CC1(C)C2CCC1(C)C(NC(N)=NCc1ccccc1)C2. The summed E-state index contributed by atoms with van der Waals surface area (Å²) in [6.45, 7) is 7.91. The van der Waals surface area contributed by atoms with Crippen molar-refractivity contribution >= 4 is 5.96 Å². The smallest absolute Gasteiger partial charge is 0.189 e. The van der Waals surface area contributed by atoms with E-state index in [0.29, 0.717) is 29.4 Å². The van der Waals surface area contributed by atoms with Gasteiger partial charge in [-0.2, -0.15) is 0 Å². The van der Waals surface area contributed by atoms with Crippen molar-refractivity contribution in [1.29, 1.82) is 0 Å². The van der Waals surface area contributed by atoms with E-state index >= 15 is 0 Å². The molecule has 3 N–H and O–H groups in total. The van der Waals surface area contributed by atoms with Gasteiger partial charge in [-0.25, -0.2) is 4.99 Å². The molecule has 0 saturated heterocycles. The Balaban J connectivity index is 1.65. The first-order valence-corrected chi connectivity index (χ1v) is 8.04. The number of benzene rings is 1. The van der Waals surface area contributed by atoms with Crippen molar-refractivity contribution in [3.05, 3.63) is 35.9 Å². The molecule has 0 radical (unpaired) electrons. The van der Waals surface area contributed by atoms with E-state index in [1.54, 1.807) is 0 Å². The maximum absolute atomic E-state index is 6.12. The molecule has 21 heavy (non-hydrogen) atoms. The highest BCUT2D eigenvalue weighted by Crippen LogP contribution is 2.65. The number of guanidine groups is 1. The van der Waals surface area contributed by atoms with Gasteiger partial charge in [0.25, 0.3) is 0 Å². The first-order chi connectivity index (χ1) is 9.93. The number of rotatable bonds is 3. The van der Waals surface area contributed by atoms with Crippen LogP contribution in [0.5, 0.6) is 0 Å². The maximum atomic E-state index is 6.12. The summed E-state index contributed by atoms with van der Waals surface area (Å²) in [5.41, 5.74) is 8.06. The zero-order valence-corrected chi connectivity index (χ0v) is 13.4. The van der Waals surface area contributed by atoms with Crippen LogP contribution in [0, 0.1) is 16.7 Å². The Hall–Kier alpha value is -1.51. The number of hydrogen-bond donors (Lipinski definition) is 2. The third-order valence-corrected chi connectivity index (χ3v) is 6.39. The van der Waals surface area contributed by atoms with E-state index in [0.717, 1.165) is 5.92 Å². The van der Waals surface area contributed by atoms with Crippen LogP contribution in [0.25, 0.3) is 0 Å². The zero-order chi connectivity index (χ0) is 15.1. The molecule has 114 valence electrons. The van der Waals surface area contributed by atoms with Crippen molar-refractivity contribution in [2.24, 2.45) is 27.5 Å². The van der Waals surface area contributed by atoms with Crippen LogP contribution in [-0.4, -0.2) is 12.0 Å². The van der Waals surface area contributed by atoms with Gasteiger partial charge in [0, 0.05) is 6.04 Å². The molecule has 0 aromatic heterocycles. The highest BCUT2D eigenvalue weighted by Gasteiger charge is 2.61. The minimum absolute atomic E-state index is 0.338. The molecule has 0 aliphatic heterocycles. The highest BCUT2D eigenvalue weighted by molar-refractivity contribution is 5.78. The first kappa shape index (κ1) is 14.4. The Kier molecular flexibility index (Phi) is 3.46. The lowest BCUT2D eigenvalue weighted by Crippen LogP contribution is -2.49. The number of nitrogens with one attached hydrogen (secondary N) is 1. The summed E-state index contributed by atoms with van der Waals surface area (Å²) in [7, 11) is 0. The van der Waals surface area contributed by atoms with Crippen LogP contribution in [0.15, 0.2) is 35.3 Å². The average molecular weight is 285 g/mol. The highest BCUT2D eigenvalue weighted by atomic mass is 15.1. The fraction of sp³-hybridized carbons (Fsp3) is 0.611. The number of nitrogens with two attached hydrogens (primary N) is 1. The van der Waals surface area contributed by atoms with Crippen molar-refractivity contribution in [1.82, 2.24) is 5.32 Å². The van der Waals surface area contributed by atoms with Crippen LogP contribution in [0.4, 0.5) is 0 Å². The molecule has 2 aliphatic rings. The molecule has 3 atom stereocenters. The van der Waals surface area contributed by atoms with E-state index in [2.05, 4.69) is 43.2 Å². The second-order valence-corrected chi connectivity index (χ2v) is 7.49. The molecule has 1 aromatic rings. The molecule has 2 fully saturated rings. The molecule has 2 saturated carbocycles. The summed E-state index contributed by atoms with van der Waals surface area (Å²) in [4.78, 5) is 4.50. The molecule has 0 amide bonds. The standard InChI is InChI=1S/C18H27N3/c1-17(2)14-9-10-18(17,3)15(11-14)21-16(19)20-12-13-7-5-4-6-8-13/h4-8,14-15H,9-12H2,1-3H3,(H3,19,20,21). The molecule has 0 heterocycles. The van der Waals surface area contributed by atoms with Crippen LogP contribution in [0.1, 0.15) is 45.6 Å². The molecule has 3 unspecified atom stereocenters. The third kappa shape index (κ3) is 2.33. The predicted octanol–water partition coefficient (Wildman–Crippen LogP) is 3.31. The Morgan fingerprint density at radius 1 is 1.29 bits per heavy atom. The van der Waals surface area contributed by atoms with Crippen molar-refractivity contribution in [2.75, 3.05) is 0 Å². The molecule has 1 aromatic carbocycles. The molecule has 0 spiro atoms. The van der Waals surface area contributed by atoms with Crippen LogP contribution < -0.4 is 11.1 Å². The Morgan fingerprint density at radius 3 is 2.57 bits per heavy atom. The zero-order valence-electron chi connectivity index (χ0n) is 13.4. The van der Waals surface area contributed by atoms with E-state index < -0.39 is 0 Å². The molecular formula is C18H27N3. The number of fused-ring (bicyclic) bond motifs is 2. The topological polar surface area (TPSA) is 50.4 Å². The fourth-order valence-electron chi connectivity index (χ4n) is 4.41. The van der Waals surface area contributed by atoms with Gasteiger partial charge in [-0.15, -0.1) is 0 Å². The van der Waals surface area contributed by atoms with Gasteiger partial charge in [0.05, 0.1) is 6.54 Å². The molecule has 2 aliphatic carbocycles. The number of aliphatic imine (C=N–C) groups is 1. The van der Waals surface area contributed by atoms with Gasteiger partial charge in [0.2, 0.25) is 0 Å². The lowest BCUT2D eigenvalue weighted by atomic mass is 9.69. The minimum Gasteiger partial charge on any atom is -0.370 e. The molecule has 3 heteroatoms. The summed E-state index contributed by atoms with van der Waals surface area (Å²) >= 11 is 0.